The van der Waals surface area contributed by atoms with Crippen LogP contribution in [-0.2, 0) is 6.61 Å². The quantitative estimate of drug-likeness (QED) is 0.676. The molecule has 20 heavy (non-hydrogen) atoms. The first-order valence-corrected chi connectivity index (χ1v) is 6.18. The van der Waals surface area contributed by atoms with E-state index in [4.69, 9.17) is 16.3 Å². The summed E-state index contributed by atoms with van der Waals surface area (Å²) in [4.78, 5) is 14.5. The first-order valence-electron chi connectivity index (χ1n) is 5.80. The molecule has 0 aliphatic rings. The molecule has 7 heteroatoms. The molecule has 1 N–H and O–H groups in total. The molecule has 0 atom stereocenters. The van der Waals surface area contributed by atoms with Gasteiger partial charge >= 0.3 is 5.69 Å². The van der Waals surface area contributed by atoms with Crippen LogP contribution < -0.4 is 10.1 Å². The van der Waals surface area contributed by atoms with E-state index in [0.717, 1.165) is 5.69 Å². The summed E-state index contributed by atoms with van der Waals surface area (Å²) in [6.45, 7) is 0.0973. The SMILES string of the molecule is CNc1ccnc(COc2c(Cl)cccc2[N+](=O)[O-])c1. The molecule has 0 unspecified atom stereocenters. The summed E-state index contributed by atoms with van der Waals surface area (Å²) < 4.78 is 5.45. The van der Waals surface area contributed by atoms with Crippen LogP contribution in [0.15, 0.2) is 36.5 Å². The maximum atomic E-state index is 10.9. The predicted octanol–water partition coefficient (Wildman–Crippen LogP) is 3.26. The predicted molar refractivity (Wildman–Crippen MR) is 76.2 cm³/mol. The molecule has 1 aromatic heterocycles. The van der Waals surface area contributed by atoms with E-state index in [1.165, 1.54) is 12.1 Å². The summed E-state index contributed by atoms with van der Waals surface area (Å²) in [5.74, 6) is 0.0517. The zero-order valence-electron chi connectivity index (χ0n) is 10.7. The highest BCUT2D eigenvalue weighted by Crippen LogP contribution is 2.34. The molecule has 0 radical (unpaired) electrons. The van der Waals surface area contributed by atoms with Crippen LogP contribution in [0.4, 0.5) is 11.4 Å². The second-order valence-electron chi connectivity index (χ2n) is 3.92. The molecule has 1 aromatic carbocycles. The Morgan fingerprint density at radius 2 is 2.25 bits per heavy atom. The number of pyridine rings is 1. The molecule has 0 saturated carbocycles. The van der Waals surface area contributed by atoms with Gasteiger partial charge < -0.3 is 10.1 Å². The van der Waals surface area contributed by atoms with Crippen molar-refractivity contribution in [1.29, 1.82) is 0 Å². The molecule has 6 nitrogen and oxygen atoms in total. The summed E-state index contributed by atoms with van der Waals surface area (Å²) in [5.41, 5.74) is 1.36. The topological polar surface area (TPSA) is 77.3 Å². The van der Waals surface area contributed by atoms with E-state index in [-0.39, 0.29) is 23.1 Å². The van der Waals surface area contributed by atoms with Gasteiger partial charge in [-0.3, -0.25) is 15.1 Å². The molecule has 2 rings (SSSR count). The van der Waals surface area contributed by atoms with Gasteiger partial charge in [-0.1, -0.05) is 17.7 Å². The van der Waals surface area contributed by atoms with Gasteiger partial charge in [0.15, 0.2) is 0 Å². The number of nitro groups is 1. The van der Waals surface area contributed by atoms with Crippen molar-refractivity contribution in [2.24, 2.45) is 0 Å². The second-order valence-corrected chi connectivity index (χ2v) is 4.33. The number of nitrogens with one attached hydrogen (secondary N) is 1. The smallest absolute Gasteiger partial charge is 0.312 e. The van der Waals surface area contributed by atoms with E-state index < -0.39 is 4.92 Å². The van der Waals surface area contributed by atoms with Gasteiger partial charge in [-0.2, -0.15) is 0 Å². The average Bonchev–Trinajstić information content (AvgIpc) is 2.45. The van der Waals surface area contributed by atoms with Crippen molar-refractivity contribution in [3.8, 4) is 5.75 Å². The number of ether oxygens (including phenoxy) is 1. The number of hydrogen-bond acceptors (Lipinski definition) is 5. The van der Waals surface area contributed by atoms with E-state index in [1.807, 2.05) is 0 Å². The molecule has 0 aliphatic carbocycles. The van der Waals surface area contributed by atoms with Crippen molar-refractivity contribution in [3.05, 3.63) is 57.4 Å². The Balaban J connectivity index is 2.20. The summed E-state index contributed by atoms with van der Waals surface area (Å²) in [6, 6.07) is 8.00. The van der Waals surface area contributed by atoms with Gasteiger partial charge in [0, 0.05) is 25.0 Å². The Labute approximate surface area is 120 Å². The molecular weight excluding hydrogens is 282 g/mol. The van der Waals surface area contributed by atoms with Crippen molar-refractivity contribution in [1.82, 2.24) is 4.98 Å². The van der Waals surface area contributed by atoms with Crippen LogP contribution in [-0.4, -0.2) is 17.0 Å². The van der Waals surface area contributed by atoms with Gasteiger partial charge in [-0.25, -0.2) is 0 Å². The van der Waals surface area contributed by atoms with Crippen molar-refractivity contribution in [2.75, 3.05) is 12.4 Å². The lowest BCUT2D eigenvalue weighted by molar-refractivity contribution is -0.385. The minimum Gasteiger partial charge on any atom is -0.479 e. The molecule has 0 saturated heterocycles. The fourth-order valence-electron chi connectivity index (χ4n) is 1.64. The lowest BCUT2D eigenvalue weighted by atomic mass is 10.3. The van der Waals surface area contributed by atoms with Crippen LogP contribution in [0.2, 0.25) is 5.02 Å². The summed E-state index contributed by atoms with van der Waals surface area (Å²) in [5, 5.41) is 14.1. The first kappa shape index (κ1) is 14.1. The third-order valence-corrected chi connectivity index (χ3v) is 2.91. The zero-order chi connectivity index (χ0) is 14.5. The maximum absolute atomic E-state index is 10.9. The Morgan fingerprint density at radius 3 is 2.95 bits per heavy atom. The van der Waals surface area contributed by atoms with E-state index in [2.05, 4.69) is 10.3 Å². The highest BCUT2D eigenvalue weighted by molar-refractivity contribution is 6.32. The van der Waals surface area contributed by atoms with Gasteiger partial charge in [0.05, 0.1) is 15.6 Å². The second kappa shape index (κ2) is 6.21. The van der Waals surface area contributed by atoms with Crippen molar-refractivity contribution < 1.29 is 9.66 Å². The Hall–Kier alpha value is -2.34. The van der Waals surface area contributed by atoms with E-state index in [1.54, 1.807) is 31.4 Å². The minimum atomic E-state index is -0.529. The molecule has 0 bridgehead atoms. The van der Waals surface area contributed by atoms with Gasteiger partial charge in [0.25, 0.3) is 0 Å². The number of nitrogens with zero attached hydrogens (tertiary/aromatic N) is 2. The number of hydrogen-bond donors (Lipinski definition) is 1. The van der Waals surface area contributed by atoms with E-state index >= 15 is 0 Å². The molecule has 0 fully saturated rings. The Bertz CT molecular complexity index is 634. The Morgan fingerprint density at radius 1 is 1.45 bits per heavy atom. The number of benzene rings is 1. The van der Waals surface area contributed by atoms with Gasteiger partial charge in [0.1, 0.15) is 6.61 Å². The van der Waals surface area contributed by atoms with Gasteiger partial charge in [-0.05, 0) is 18.2 Å². The lowest BCUT2D eigenvalue weighted by Crippen LogP contribution is -2.02. The molecule has 2 aromatic rings. The monoisotopic (exact) mass is 293 g/mol. The summed E-state index contributed by atoms with van der Waals surface area (Å²) in [6.07, 6.45) is 1.63. The van der Waals surface area contributed by atoms with Crippen LogP contribution in [0.25, 0.3) is 0 Å². The Kier molecular flexibility index (Phi) is 4.37. The largest absolute Gasteiger partial charge is 0.479 e. The lowest BCUT2D eigenvalue weighted by Gasteiger charge is -2.08. The average molecular weight is 294 g/mol. The normalized spacial score (nSPS) is 10.1. The molecule has 0 aliphatic heterocycles. The van der Waals surface area contributed by atoms with Crippen LogP contribution in [0.1, 0.15) is 5.69 Å². The third-order valence-electron chi connectivity index (χ3n) is 2.61. The van der Waals surface area contributed by atoms with Crippen molar-refractivity contribution in [2.45, 2.75) is 6.61 Å². The van der Waals surface area contributed by atoms with Crippen LogP contribution in [0, 0.1) is 10.1 Å². The fourth-order valence-corrected chi connectivity index (χ4v) is 1.87. The van der Waals surface area contributed by atoms with Crippen molar-refractivity contribution >= 4 is 23.0 Å². The molecule has 1 heterocycles. The number of para-hydroxylation sites is 1. The van der Waals surface area contributed by atoms with Crippen LogP contribution in [0.3, 0.4) is 0 Å². The van der Waals surface area contributed by atoms with Crippen LogP contribution >= 0.6 is 11.6 Å². The van der Waals surface area contributed by atoms with Crippen molar-refractivity contribution in [3.63, 3.8) is 0 Å². The third kappa shape index (κ3) is 3.16. The van der Waals surface area contributed by atoms with Crippen LogP contribution in [0.5, 0.6) is 5.75 Å². The minimum absolute atomic E-state index is 0.0517. The number of nitro benzene ring substituents is 1. The van der Waals surface area contributed by atoms with Gasteiger partial charge in [0.2, 0.25) is 5.75 Å². The summed E-state index contributed by atoms with van der Waals surface area (Å²) in [7, 11) is 1.79. The highest BCUT2D eigenvalue weighted by Gasteiger charge is 2.18. The molecule has 0 spiro atoms. The number of aromatic nitrogens is 1. The summed E-state index contributed by atoms with van der Waals surface area (Å²) >= 11 is 5.94. The standard InChI is InChI=1S/C13H12ClN3O3/c1-15-9-5-6-16-10(7-9)8-20-13-11(14)3-2-4-12(13)17(18)19/h2-7H,8H2,1H3,(H,15,16). The van der Waals surface area contributed by atoms with E-state index in [9.17, 15) is 10.1 Å². The highest BCUT2D eigenvalue weighted by atomic mass is 35.5. The molecular formula is C13H12ClN3O3. The molecule has 104 valence electrons. The number of halogens is 1. The number of anilines is 1. The number of rotatable bonds is 5. The first-order chi connectivity index (χ1) is 9.61. The van der Waals surface area contributed by atoms with E-state index in [0.29, 0.717) is 5.69 Å². The zero-order valence-corrected chi connectivity index (χ0v) is 11.4. The maximum Gasteiger partial charge on any atom is 0.312 e. The van der Waals surface area contributed by atoms with Gasteiger partial charge in [-0.15, -0.1) is 0 Å². The molecule has 0 amide bonds. The fraction of sp³-hybridized carbons (Fsp3) is 0.154.